The molecule has 0 aromatic heterocycles. The van der Waals surface area contributed by atoms with E-state index >= 15 is 0 Å². The Morgan fingerprint density at radius 2 is 1.94 bits per heavy atom. The first kappa shape index (κ1) is 10.6. The van der Waals surface area contributed by atoms with E-state index in [-0.39, 0.29) is 5.82 Å². The van der Waals surface area contributed by atoms with Gasteiger partial charge in [0, 0.05) is 6.42 Å². The van der Waals surface area contributed by atoms with Crippen LogP contribution in [0.15, 0.2) is 53.6 Å². The van der Waals surface area contributed by atoms with Gasteiger partial charge in [0.05, 0.1) is 0 Å². The normalized spacial score (nSPS) is 15.1. The summed E-state index contributed by atoms with van der Waals surface area (Å²) < 4.78 is 12.9. The van der Waals surface area contributed by atoms with Gasteiger partial charge in [-0.2, -0.15) is 0 Å². The lowest BCUT2D eigenvalue weighted by atomic mass is 10.1. The van der Waals surface area contributed by atoms with Crippen molar-refractivity contribution in [3.63, 3.8) is 0 Å². The van der Waals surface area contributed by atoms with Crippen LogP contribution in [-0.2, 0) is 4.79 Å². The maximum atomic E-state index is 12.9. The highest BCUT2D eigenvalue weighted by Gasteiger charge is 2.03. The van der Waals surface area contributed by atoms with Gasteiger partial charge in [0.25, 0.3) is 0 Å². The van der Waals surface area contributed by atoms with E-state index in [4.69, 9.17) is 0 Å². The monoisotopic (exact) mass is 214 g/mol. The van der Waals surface area contributed by atoms with Crippen LogP contribution in [-0.4, -0.2) is 6.29 Å². The van der Waals surface area contributed by atoms with Gasteiger partial charge in [-0.25, -0.2) is 4.39 Å². The molecule has 0 radical (unpaired) electrons. The highest BCUT2D eigenvalue weighted by molar-refractivity contribution is 5.77. The second-order valence-electron chi connectivity index (χ2n) is 3.67. The molecule has 1 nitrogen and oxygen atoms in total. The number of carbonyl (C=O) groups excluding carboxylic acids is 1. The molecule has 1 aliphatic carbocycles. The van der Waals surface area contributed by atoms with Crippen molar-refractivity contribution in [1.82, 2.24) is 0 Å². The Balaban J connectivity index is 2.04. The zero-order chi connectivity index (χ0) is 11.4. The molecule has 2 heteroatoms. The fourth-order valence-electron chi connectivity index (χ4n) is 1.58. The van der Waals surface area contributed by atoms with Crippen LogP contribution >= 0.6 is 0 Å². The van der Waals surface area contributed by atoms with Crippen LogP contribution in [0.3, 0.4) is 0 Å². The minimum absolute atomic E-state index is 0.241. The SMILES string of the molecule is O=CC1=CC=C(/C=C/c2cccc(F)c2)C1. The Morgan fingerprint density at radius 1 is 1.12 bits per heavy atom. The van der Waals surface area contributed by atoms with Crippen molar-refractivity contribution in [3.8, 4) is 0 Å². The highest BCUT2D eigenvalue weighted by Crippen LogP contribution is 2.19. The molecule has 1 aromatic carbocycles. The molecule has 0 saturated heterocycles. The second-order valence-corrected chi connectivity index (χ2v) is 3.67. The summed E-state index contributed by atoms with van der Waals surface area (Å²) in [6.07, 6.45) is 8.98. The predicted octanol–water partition coefficient (Wildman–Crippen LogP) is 3.29. The van der Waals surface area contributed by atoms with E-state index in [1.165, 1.54) is 12.1 Å². The zero-order valence-electron chi connectivity index (χ0n) is 8.69. The van der Waals surface area contributed by atoms with E-state index in [0.29, 0.717) is 6.42 Å². The summed E-state index contributed by atoms with van der Waals surface area (Å²) in [5, 5.41) is 0. The van der Waals surface area contributed by atoms with E-state index in [9.17, 15) is 9.18 Å². The Bertz CT molecular complexity index is 495. The topological polar surface area (TPSA) is 17.1 Å². The molecule has 16 heavy (non-hydrogen) atoms. The lowest BCUT2D eigenvalue weighted by Gasteiger charge is -1.95. The Hall–Kier alpha value is -1.96. The number of carbonyl (C=O) groups is 1. The van der Waals surface area contributed by atoms with E-state index in [1.807, 2.05) is 24.3 Å². The number of halogens is 1. The molecule has 0 heterocycles. The molecule has 80 valence electrons. The summed E-state index contributed by atoms with van der Waals surface area (Å²) >= 11 is 0. The fraction of sp³-hybridized carbons (Fsp3) is 0.0714. The molecule has 0 aliphatic heterocycles. The smallest absolute Gasteiger partial charge is 0.146 e. The first-order chi connectivity index (χ1) is 7.78. The molecule has 0 unspecified atom stereocenters. The lowest BCUT2D eigenvalue weighted by molar-refractivity contribution is -0.104. The molecule has 1 aromatic rings. The third-order valence-electron chi connectivity index (χ3n) is 2.41. The van der Waals surface area contributed by atoms with Crippen molar-refractivity contribution in [2.45, 2.75) is 6.42 Å². The van der Waals surface area contributed by atoms with E-state index in [0.717, 1.165) is 23.0 Å². The van der Waals surface area contributed by atoms with Crippen LogP contribution in [0, 0.1) is 5.82 Å². The first-order valence-electron chi connectivity index (χ1n) is 5.06. The van der Waals surface area contributed by atoms with Crippen LogP contribution in [0.4, 0.5) is 4.39 Å². The third-order valence-corrected chi connectivity index (χ3v) is 2.41. The standard InChI is InChI=1S/C14H11FO/c15-14-3-1-2-11(9-14)4-5-12-6-7-13(8-12)10-16/h1-7,9-10H,8H2/b5-4+. The van der Waals surface area contributed by atoms with Gasteiger partial charge in [0.2, 0.25) is 0 Å². The second kappa shape index (κ2) is 4.71. The molecular weight excluding hydrogens is 203 g/mol. The lowest BCUT2D eigenvalue weighted by Crippen LogP contribution is -1.80. The largest absolute Gasteiger partial charge is 0.298 e. The summed E-state index contributed by atoms with van der Waals surface area (Å²) in [5.41, 5.74) is 2.66. The average Bonchev–Trinajstić information content (AvgIpc) is 2.74. The number of allylic oxidation sites excluding steroid dienone is 5. The van der Waals surface area contributed by atoms with Gasteiger partial charge in [-0.05, 0) is 28.8 Å². The molecule has 0 amide bonds. The van der Waals surface area contributed by atoms with Crippen LogP contribution in [0.25, 0.3) is 6.08 Å². The van der Waals surface area contributed by atoms with Gasteiger partial charge >= 0.3 is 0 Å². The van der Waals surface area contributed by atoms with Crippen LogP contribution in [0.1, 0.15) is 12.0 Å². The van der Waals surface area contributed by atoms with Gasteiger partial charge < -0.3 is 0 Å². The number of hydrogen-bond donors (Lipinski definition) is 0. The van der Waals surface area contributed by atoms with E-state index < -0.39 is 0 Å². The van der Waals surface area contributed by atoms with Crippen LogP contribution in [0.5, 0.6) is 0 Å². The number of aldehydes is 1. The van der Waals surface area contributed by atoms with E-state index in [2.05, 4.69) is 0 Å². The Kier molecular flexibility index (Phi) is 3.10. The number of rotatable bonds is 3. The summed E-state index contributed by atoms with van der Waals surface area (Å²) in [4.78, 5) is 10.5. The van der Waals surface area contributed by atoms with Gasteiger partial charge in [0.15, 0.2) is 0 Å². The number of benzene rings is 1. The van der Waals surface area contributed by atoms with Crippen molar-refractivity contribution in [2.24, 2.45) is 0 Å². The van der Waals surface area contributed by atoms with Crippen LogP contribution in [0.2, 0.25) is 0 Å². The third kappa shape index (κ3) is 2.54. The first-order valence-corrected chi connectivity index (χ1v) is 5.06. The van der Waals surface area contributed by atoms with Gasteiger partial charge in [-0.15, -0.1) is 0 Å². The zero-order valence-corrected chi connectivity index (χ0v) is 8.69. The van der Waals surface area contributed by atoms with Crippen molar-refractivity contribution in [3.05, 3.63) is 65.0 Å². The molecule has 1 aliphatic rings. The summed E-state index contributed by atoms with van der Waals surface area (Å²) in [7, 11) is 0. The van der Waals surface area contributed by atoms with Crippen molar-refractivity contribution < 1.29 is 9.18 Å². The van der Waals surface area contributed by atoms with Crippen LogP contribution < -0.4 is 0 Å². The fourth-order valence-corrected chi connectivity index (χ4v) is 1.58. The summed E-state index contributed by atoms with van der Waals surface area (Å²) in [5.74, 6) is -0.241. The minimum atomic E-state index is -0.241. The van der Waals surface area contributed by atoms with E-state index in [1.54, 1.807) is 12.1 Å². The highest BCUT2D eigenvalue weighted by atomic mass is 19.1. The molecule has 0 fully saturated rings. The van der Waals surface area contributed by atoms with Crippen molar-refractivity contribution >= 4 is 12.4 Å². The van der Waals surface area contributed by atoms with Crippen molar-refractivity contribution in [1.29, 1.82) is 0 Å². The summed E-state index contributed by atoms with van der Waals surface area (Å²) in [6, 6.07) is 6.40. The molecular formula is C14H11FO. The Labute approximate surface area is 93.6 Å². The molecule has 0 spiro atoms. The van der Waals surface area contributed by atoms with Gasteiger partial charge in [-0.3, -0.25) is 4.79 Å². The maximum absolute atomic E-state index is 12.9. The van der Waals surface area contributed by atoms with Gasteiger partial charge in [-0.1, -0.05) is 36.4 Å². The molecule has 0 N–H and O–H groups in total. The summed E-state index contributed by atoms with van der Waals surface area (Å²) in [6.45, 7) is 0. The predicted molar refractivity (Wildman–Crippen MR) is 62.3 cm³/mol. The molecule has 0 atom stereocenters. The molecule has 0 bridgehead atoms. The van der Waals surface area contributed by atoms with Gasteiger partial charge in [0.1, 0.15) is 12.1 Å². The molecule has 2 rings (SSSR count). The average molecular weight is 214 g/mol. The van der Waals surface area contributed by atoms with Crippen molar-refractivity contribution in [2.75, 3.05) is 0 Å². The Morgan fingerprint density at radius 3 is 2.62 bits per heavy atom. The number of hydrogen-bond acceptors (Lipinski definition) is 1. The quantitative estimate of drug-likeness (QED) is 0.705. The minimum Gasteiger partial charge on any atom is -0.298 e. The maximum Gasteiger partial charge on any atom is 0.146 e. The molecule has 0 saturated carbocycles.